The van der Waals surface area contributed by atoms with Gasteiger partial charge in [-0.25, -0.2) is 9.78 Å². The van der Waals surface area contributed by atoms with E-state index in [2.05, 4.69) is 24.3 Å². The molecule has 0 saturated carbocycles. The number of pyridine rings is 1. The standard InChI is InChI=1S/C29H24ClNO3S/c30-24-11-9-22-10-13-25(31-27(22)19-24)12-8-20-4-3-6-23(18-20)29(34-16-17-35-29)15-14-21-5-1-2-7-26(21)28(32)33/h1-13,18-19H,14-17H2,(H,32,33)/b12-8+. The molecule has 5 rings (SSSR count). The van der Waals surface area contributed by atoms with Crippen LogP contribution in [0.1, 0.15) is 39.2 Å². The van der Waals surface area contributed by atoms with Crippen molar-refractivity contribution in [1.29, 1.82) is 0 Å². The molecule has 0 spiro atoms. The second kappa shape index (κ2) is 10.2. The largest absolute Gasteiger partial charge is 0.478 e. The van der Waals surface area contributed by atoms with Crippen molar-refractivity contribution in [3.05, 3.63) is 112 Å². The molecule has 4 aromatic rings. The van der Waals surface area contributed by atoms with Gasteiger partial charge in [0.15, 0.2) is 0 Å². The number of carboxylic acids is 1. The van der Waals surface area contributed by atoms with E-state index in [4.69, 9.17) is 21.3 Å². The van der Waals surface area contributed by atoms with Gasteiger partial charge in [0.25, 0.3) is 0 Å². The summed E-state index contributed by atoms with van der Waals surface area (Å²) in [5.41, 5.74) is 5.05. The highest BCUT2D eigenvalue weighted by atomic mass is 35.5. The van der Waals surface area contributed by atoms with E-state index in [1.807, 2.05) is 54.6 Å². The van der Waals surface area contributed by atoms with Gasteiger partial charge in [0.05, 0.1) is 23.4 Å². The maximum Gasteiger partial charge on any atom is 0.335 e. The van der Waals surface area contributed by atoms with Crippen LogP contribution in [0.2, 0.25) is 5.02 Å². The molecule has 3 aromatic carbocycles. The molecule has 35 heavy (non-hydrogen) atoms. The first-order chi connectivity index (χ1) is 17.0. The predicted octanol–water partition coefficient (Wildman–Crippen LogP) is 7.31. The molecule has 0 aliphatic carbocycles. The van der Waals surface area contributed by atoms with Gasteiger partial charge in [-0.05, 0) is 65.9 Å². The molecule has 2 heterocycles. The summed E-state index contributed by atoms with van der Waals surface area (Å²) < 4.78 is 6.29. The van der Waals surface area contributed by atoms with Crippen molar-refractivity contribution in [2.24, 2.45) is 0 Å². The third-order valence-corrected chi connectivity index (χ3v) is 7.80. The summed E-state index contributed by atoms with van der Waals surface area (Å²) in [4.78, 5) is 15.8. The van der Waals surface area contributed by atoms with Gasteiger partial charge < -0.3 is 9.84 Å². The normalized spacial score (nSPS) is 17.9. The lowest BCUT2D eigenvalue weighted by Gasteiger charge is -2.28. The Morgan fingerprint density at radius 3 is 2.74 bits per heavy atom. The molecule has 1 aliphatic rings. The second-order valence-electron chi connectivity index (χ2n) is 8.44. The van der Waals surface area contributed by atoms with Crippen LogP contribution in [0.5, 0.6) is 0 Å². The van der Waals surface area contributed by atoms with Crippen LogP contribution in [0, 0.1) is 0 Å². The average molecular weight is 502 g/mol. The van der Waals surface area contributed by atoms with Crippen LogP contribution >= 0.6 is 23.4 Å². The van der Waals surface area contributed by atoms with Crippen molar-refractivity contribution < 1.29 is 14.6 Å². The predicted molar refractivity (Wildman–Crippen MR) is 144 cm³/mol. The monoisotopic (exact) mass is 501 g/mol. The van der Waals surface area contributed by atoms with Gasteiger partial charge in [0, 0.05) is 16.2 Å². The lowest BCUT2D eigenvalue weighted by molar-refractivity contribution is 0.0427. The van der Waals surface area contributed by atoms with E-state index in [9.17, 15) is 9.90 Å². The van der Waals surface area contributed by atoms with Crippen molar-refractivity contribution in [2.45, 2.75) is 17.8 Å². The summed E-state index contributed by atoms with van der Waals surface area (Å²) in [7, 11) is 0. The van der Waals surface area contributed by atoms with Gasteiger partial charge >= 0.3 is 5.97 Å². The molecular weight excluding hydrogens is 478 g/mol. The SMILES string of the molecule is O=C(O)c1ccccc1CCC1(c2cccc(/C=C/c3ccc4ccc(Cl)cc4n3)c2)OCCS1. The quantitative estimate of drug-likeness (QED) is 0.288. The Kier molecular flexibility index (Phi) is 6.91. The molecule has 6 heteroatoms. The Morgan fingerprint density at radius 1 is 1.06 bits per heavy atom. The van der Waals surface area contributed by atoms with Crippen LogP contribution in [-0.2, 0) is 16.1 Å². The number of aromatic carboxylic acids is 1. The molecular formula is C29H24ClNO3S. The third-order valence-electron chi connectivity index (χ3n) is 6.17. The Hall–Kier alpha value is -3.12. The molecule has 0 radical (unpaired) electrons. The van der Waals surface area contributed by atoms with Gasteiger partial charge in [-0.1, -0.05) is 66.2 Å². The lowest BCUT2D eigenvalue weighted by atomic mass is 9.96. The molecule has 1 saturated heterocycles. The van der Waals surface area contributed by atoms with Crippen LogP contribution in [-0.4, -0.2) is 28.4 Å². The first-order valence-corrected chi connectivity index (χ1v) is 12.8. The maximum absolute atomic E-state index is 11.6. The van der Waals surface area contributed by atoms with Crippen LogP contribution in [0.4, 0.5) is 0 Å². The molecule has 1 N–H and O–H groups in total. The van der Waals surface area contributed by atoms with Crippen LogP contribution in [0.15, 0.2) is 78.9 Å². The fourth-order valence-electron chi connectivity index (χ4n) is 4.42. The summed E-state index contributed by atoms with van der Waals surface area (Å²) in [5.74, 6) is 0.0101. The van der Waals surface area contributed by atoms with Crippen molar-refractivity contribution in [3.8, 4) is 0 Å². The van der Waals surface area contributed by atoms with E-state index in [1.54, 1.807) is 23.9 Å². The number of thioether (sulfide) groups is 1. The maximum atomic E-state index is 11.6. The number of halogens is 1. The zero-order valence-electron chi connectivity index (χ0n) is 19.0. The molecule has 1 fully saturated rings. The number of ether oxygens (including phenoxy) is 1. The number of fused-ring (bicyclic) bond motifs is 1. The Balaban J connectivity index is 1.39. The molecule has 176 valence electrons. The minimum absolute atomic E-state index is 0.353. The minimum Gasteiger partial charge on any atom is -0.478 e. The van der Waals surface area contributed by atoms with Gasteiger partial charge in [-0.2, -0.15) is 0 Å². The number of nitrogens with zero attached hydrogens (tertiary/aromatic N) is 1. The average Bonchev–Trinajstić information content (AvgIpc) is 3.36. The smallest absolute Gasteiger partial charge is 0.335 e. The summed E-state index contributed by atoms with van der Waals surface area (Å²) in [6.07, 6.45) is 5.37. The van der Waals surface area contributed by atoms with E-state index in [-0.39, 0.29) is 0 Å². The molecule has 1 aliphatic heterocycles. The summed E-state index contributed by atoms with van der Waals surface area (Å²) >= 11 is 7.91. The fourth-order valence-corrected chi connectivity index (χ4v) is 5.79. The first kappa shape index (κ1) is 23.6. The van der Waals surface area contributed by atoms with E-state index >= 15 is 0 Å². The number of aryl methyl sites for hydroxylation is 1. The van der Waals surface area contributed by atoms with Gasteiger partial charge in [-0.3, -0.25) is 0 Å². The molecule has 1 atom stereocenters. The zero-order chi connectivity index (χ0) is 24.3. The van der Waals surface area contributed by atoms with Crippen molar-refractivity contribution >= 4 is 52.4 Å². The highest BCUT2D eigenvalue weighted by molar-refractivity contribution is 8.00. The minimum atomic E-state index is -0.897. The fraction of sp³-hybridized carbons (Fsp3) is 0.172. The Bertz CT molecular complexity index is 1410. The number of carbonyl (C=O) groups is 1. The number of hydrogen-bond acceptors (Lipinski definition) is 4. The van der Waals surface area contributed by atoms with Crippen LogP contribution in [0.25, 0.3) is 23.1 Å². The summed E-state index contributed by atoms with van der Waals surface area (Å²) in [5, 5.41) is 11.3. The third kappa shape index (κ3) is 5.27. The highest BCUT2D eigenvalue weighted by Gasteiger charge is 2.38. The van der Waals surface area contributed by atoms with Crippen LogP contribution in [0.3, 0.4) is 0 Å². The van der Waals surface area contributed by atoms with Crippen molar-refractivity contribution in [2.75, 3.05) is 12.4 Å². The number of carboxylic acid groups (broad SMARTS) is 1. The number of benzene rings is 3. The Morgan fingerprint density at radius 2 is 1.91 bits per heavy atom. The van der Waals surface area contributed by atoms with E-state index in [1.165, 1.54) is 0 Å². The van der Waals surface area contributed by atoms with E-state index < -0.39 is 10.9 Å². The number of aromatic nitrogens is 1. The first-order valence-electron chi connectivity index (χ1n) is 11.5. The van der Waals surface area contributed by atoms with Gasteiger partial charge in [0.1, 0.15) is 4.93 Å². The van der Waals surface area contributed by atoms with E-state index in [0.29, 0.717) is 30.0 Å². The second-order valence-corrected chi connectivity index (χ2v) is 10.2. The molecule has 1 unspecified atom stereocenters. The summed E-state index contributed by atoms with van der Waals surface area (Å²) in [6, 6.07) is 25.3. The molecule has 0 bridgehead atoms. The van der Waals surface area contributed by atoms with E-state index in [0.717, 1.165) is 39.0 Å². The summed E-state index contributed by atoms with van der Waals surface area (Å²) in [6.45, 7) is 0.675. The Labute approximate surface area is 213 Å². The number of hydrogen-bond donors (Lipinski definition) is 1. The van der Waals surface area contributed by atoms with Crippen LogP contribution < -0.4 is 0 Å². The zero-order valence-corrected chi connectivity index (χ0v) is 20.6. The molecule has 4 nitrogen and oxygen atoms in total. The van der Waals surface area contributed by atoms with Crippen molar-refractivity contribution in [3.63, 3.8) is 0 Å². The molecule has 1 aromatic heterocycles. The number of rotatable bonds is 7. The highest BCUT2D eigenvalue weighted by Crippen LogP contribution is 2.46. The topological polar surface area (TPSA) is 59.4 Å². The van der Waals surface area contributed by atoms with Crippen molar-refractivity contribution in [1.82, 2.24) is 4.98 Å². The van der Waals surface area contributed by atoms with Gasteiger partial charge in [-0.15, -0.1) is 11.8 Å². The van der Waals surface area contributed by atoms with Gasteiger partial charge in [0.2, 0.25) is 0 Å². The lowest BCUT2D eigenvalue weighted by Crippen LogP contribution is -2.23. The molecule has 0 amide bonds.